The van der Waals surface area contributed by atoms with E-state index in [0.29, 0.717) is 0 Å². The molecule has 0 aliphatic heterocycles. The van der Waals surface area contributed by atoms with E-state index in [0.717, 1.165) is 49.5 Å². The molecule has 3 nitrogen and oxygen atoms in total. The minimum atomic E-state index is 1.05. The summed E-state index contributed by atoms with van der Waals surface area (Å²) >= 11 is 1.82. The highest BCUT2D eigenvalue weighted by atomic mass is 32.1. The fourth-order valence-corrected chi connectivity index (χ4v) is 5.06. The molecule has 1 aromatic heterocycles. The van der Waals surface area contributed by atoms with Crippen LogP contribution in [0.1, 0.15) is 63.9 Å². The lowest BCUT2D eigenvalue weighted by Crippen LogP contribution is -2.24. The highest BCUT2D eigenvalue weighted by Crippen LogP contribution is 2.33. The zero-order valence-corrected chi connectivity index (χ0v) is 20.4. The first-order valence-corrected chi connectivity index (χ1v) is 12.7. The SMILES string of the molecule is CCCN(CCC)C(=Cc1ccccc1)c1nc2ccc(N(CCC)CCC)cc2s1. The van der Waals surface area contributed by atoms with Gasteiger partial charge in [-0.2, -0.15) is 0 Å². The molecule has 2 aromatic carbocycles. The van der Waals surface area contributed by atoms with Gasteiger partial charge in [-0.05, 0) is 55.5 Å². The molecule has 0 bridgehead atoms. The number of hydrogen-bond donors (Lipinski definition) is 0. The highest BCUT2D eigenvalue weighted by molar-refractivity contribution is 7.19. The summed E-state index contributed by atoms with van der Waals surface area (Å²) in [6.07, 6.45) is 6.90. The van der Waals surface area contributed by atoms with Crippen molar-refractivity contribution in [1.82, 2.24) is 9.88 Å². The van der Waals surface area contributed by atoms with E-state index in [9.17, 15) is 0 Å². The van der Waals surface area contributed by atoms with Crippen LogP contribution in [0.4, 0.5) is 5.69 Å². The molecular weight excluding hydrogens is 398 g/mol. The number of anilines is 1. The van der Waals surface area contributed by atoms with E-state index in [1.807, 2.05) is 11.3 Å². The first-order chi connectivity index (χ1) is 15.2. The Balaban J connectivity index is 2.03. The van der Waals surface area contributed by atoms with Crippen molar-refractivity contribution < 1.29 is 0 Å². The van der Waals surface area contributed by atoms with Gasteiger partial charge in [-0.3, -0.25) is 0 Å². The Kier molecular flexibility index (Phi) is 8.96. The van der Waals surface area contributed by atoms with Crippen LogP contribution in [0.5, 0.6) is 0 Å². The Morgan fingerprint density at radius 3 is 2.10 bits per heavy atom. The second-order valence-corrected chi connectivity index (χ2v) is 9.12. The van der Waals surface area contributed by atoms with Crippen LogP contribution < -0.4 is 4.90 Å². The third-order valence-corrected chi connectivity index (χ3v) is 6.41. The molecule has 0 spiro atoms. The molecule has 0 unspecified atom stereocenters. The van der Waals surface area contributed by atoms with Crippen LogP contribution in [0.25, 0.3) is 22.0 Å². The van der Waals surface area contributed by atoms with E-state index < -0.39 is 0 Å². The molecule has 0 aliphatic carbocycles. The molecule has 166 valence electrons. The molecule has 0 saturated carbocycles. The van der Waals surface area contributed by atoms with Gasteiger partial charge in [-0.15, -0.1) is 11.3 Å². The largest absolute Gasteiger partial charge is 0.372 e. The standard InChI is InChI=1S/C27H37N3S/c1-5-16-29(17-6-2)23-14-15-24-26(21-23)31-27(28-24)25(30(18-7-3)19-8-4)20-22-12-10-9-11-13-22/h9-15,20-21H,5-8,16-19H2,1-4H3. The van der Waals surface area contributed by atoms with Crippen LogP contribution in [0.2, 0.25) is 0 Å². The average Bonchev–Trinajstić information content (AvgIpc) is 3.21. The average molecular weight is 436 g/mol. The fourth-order valence-electron chi connectivity index (χ4n) is 4.02. The van der Waals surface area contributed by atoms with Crippen LogP contribution in [-0.2, 0) is 0 Å². The smallest absolute Gasteiger partial charge is 0.140 e. The summed E-state index contributed by atoms with van der Waals surface area (Å²) in [6, 6.07) is 17.4. The number of hydrogen-bond acceptors (Lipinski definition) is 4. The minimum Gasteiger partial charge on any atom is -0.372 e. The maximum absolute atomic E-state index is 5.08. The Hall–Kier alpha value is -2.33. The molecule has 4 heteroatoms. The molecule has 0 atom stereocenters. The van der Waals surface area contributed by atoms with Crippen LogP contribution in [0, 0.1) is 0 Å². The molecule has 3 aromatic rings. The lowest BCUT2D eigenvalue weighted by molar-refractivity contribution is 0.397. The van der Waals surface area contributed by atoms with Crippen molar-refractivity contribution in [3.63, 3.8) is 0 Å². The molecule has 0 fully saturated rings. The quantitative estimate of drug-likeness (QED) is 0.293. The summed E-state index contributed by atoms with van der Waals surface area (Å²) in [7, 11) is 0. The van der Waals surface area contributed by atoms with Crippen molar-refractivity contribution in [2.45, 2.75) is 53.4 Å². The molecule has 1 heterocycles. The summed E-state index contributed by atoms with van der Waals surface area (Å²) in [6.45, 7) is 13.3. The van der Waals surface area contributed by atoms with Gasteiger partial charge in [0.05, 0.1) is 15.9 Å². The monoisotopic (exact) mass is 435 g/mol. The second kappa shape index (κ2) is 11.9. The zero-order valence-electron chi connectivity index (χ0n) is 19.6. The molecule has 0 saturated heterocycles. The van der Waals surface area contributed by atoms with Crippen LogP contribution >= 0.6 is 11.3 Å². The predicted octanol–water partition coefficient (Wildman–Crippen LogP) is 7.54. The van der Waals surface area contributed by atoms with Crippen molar-refractivity contribution in [3.8, 4) is 0 Å². The summed E-state index contributed by atoms with van der Waals surface area (Å²) < 4.78 is 1.27. The van der Waals surface area contributed by atoms with E-state index in [-0.39, 0.29) is 0 Å². The van der Waals surface area contributed by atoms with Gasteiger partial charge < -0.3 is 9.80 Å². The first kappa shape index (κ1) is 23.3. The normalized spacial score (nSPS) is 11.8. The van der Waals surface area contributed by atoms with Gasteiger partial charge in [0.2, 0.25) is 0 Å². The van der Waals surface area contributed by atoms with Gasteiger partial charge in [0.25, 0.3) is 0 Å². The van der Waals surface area contributed by atoms with Gasteiger partial charge in [0.1, 0.15) is 5.01 Å². The number of thiazole rings is 1. The second-order valence-electron chi connectivity index (χ2n) is 8.09. The van der Waals surface area contributed by atoms with Crippen molar-refractivity contribution in [2.24, 2.45) is 0 Å². The fraction of sp³-hybridized carbons (Fsp3) is 0.444. The molecule has 0 N–H and O–H groups in total. The van der Waals surface area contributed by atoms with Crippen LogP contribution in [-0.4, -0.2) is 36.1 Å². The summed E-state index contributed by atoms with van der Waals surface area (Å²) in [4.78, 5) is 10.1. The molecule has 0 aliphatic rings. The Morgan fingerprint density at radius 1 is 0.839 bits per heavy atom. The summed E-state index contributed by atoms with van der Waals surface area (Å²) in [5.41, 5.74) is 4.89. The zero-order chi connectivity index (χ0) is 22.1. The Morgan fingerprint density at radius 2 is 1.48 bits per heavy atom. The summed E-state index contributed by atoms with van der Waals surface area (Å²) in [5.74, 6) is 0. The minimum absolute atomic E-state index is 1.05. The number of rotatable bonds is 12. The third-order valence-electron chi connectivity index (χ3n) is 5.37. The maximum atomic E-state index is 5.08. The molecule has 31 heavy (non-hydrogen) atoms. The highest BCUT2D eigenvalue weighted by Gasteiger charge is 2.16. The van der Waals surface area contributed by atoms with E-state index in [1.54, 1.807) is 0 Å². The number of nitrogens with zero attached hydrogens (tertiary/aromatic N) is 3. The van der Waals surface area contributed by atoms with Gasteiger partial charge in [-0.25, -0.2) is 4.98 Å². The van der Waals surface area contributed by atoms with E-state index in [4.69, 9.17) is 4.98 Å². The molecule has 0 radical (unpaired) electrons. The van der Waals surface area contributed by atoms with Crippen molar-refractivity contribution in [1.29, 1.82) is 0 Å². The third kappa shape index (κ3) is 6.10. The molecule has 3 rings (SSSR count). The Bertz CT molecular complexity index is 949. The topological polar surface area (TPSA) is 19.4 Å². The van der Waals surface area contributed by atoms with Crippen LogP contribution in [0.3, 0.4) is 0 Å². The lowest BCUT2D eigenvalue weighted by atomic mass is 10.1. The number of benzene rings is 2. The van der Waals surface area contributed by atoms with Crippen LogP contribution in [0.15, 0.2) is 48.5 Å². The lowest BCUT2D eigenvalue weighted by Gasteiger charge is -2.25. The maximum Gasteiger partial charge on any atom is 0.140 e. The van der Waals surface area contributed by atoms with E-state index >= 15 is 0 Å². The van der Waals surface area contributed by atoms with Crippen molar-refractivity contribution >= 4 is 39.0 Å². The first-order valence-electron chi connectivity index (χ1n) is 11.9. The van der Waals surface area contributed by atoms with E-state index in [1.165, 1.54) is 34.5 Å². The number of aromatic nitrogens is 1. The predicted molar refractivity (Wildman–Crippen MR) is 139 cm³/mol. The van der Waals surface area contributed by atoms with Crippen molar-refractivity contribution in [3.05, 3.63) is 59.1 Å². The van der Waals surface area contributed by atoms with E-state index in [2.05, 4.69) is 92.1 Å². The van der Waals surface area contributed by atoms with Crippen molar-refractivity contribution in [2.75, 3.05) is 31.1 Å². The summed E-state index contributed by atoms with van der Waals surface area (Å²) in [5, 5.41) is 1.12. The number of fused-ring (bicyclic) bond motifs is 1. The van der Waals surface area contributed by atoms with Gasteiger partial charge in [-0.1, -0.05) is 58.0 Å². The van der Waals surface area contributed by atoms with Gasteiger partial charge >= 0.3 is 0 Å². The molecule has 0 amide bonds. The Labute approximate surface area is 192 Å². The van der Waals surface area contributed by atoms with Gasteiger partial charge in [0, 0.05) is 31.9 Å². The molecular formula is C27H37N3S. The van der Waals surface area contributed by atoms with Gasteiger partial charge in [0.15, 0.2) is 0 Å².